The molecule has 0 aliphatic heterocycles. The number of halogens is 2. The van der Waals surface area contributed by atoms with Crippen LogP contribution in [0.4, 0.5) is 0 Å². The smallest absolute Gasteiger partial charge is 0.223 e. The van der Waals surface area contributed by atoms with E-state index in [0.29, 0.717) is 26.1 Å². The second-order valence-electron chi connectivity index (χ2n) is 3.19. The molecular weight excluding hydrogens is 307 g/mol. The Bertz CT molecular complexity index is 350. The maximum Gasteiger partial charge on any atom is 0.223 e. The van der Waals surface area contributed by atoms with E-state index in [2.05, 4.69) is 21.2 Å². The van der Waals surface area contributed by atoms with E-state index in [4.69, 9.17) is 10.5 Å². The third-order valence-electron chi connectivity index (χ3n) is 1.86. The van der Waals surface area contributed by atoms with E-state index >= 15 is 0 Å². The van der Waals surface area contributed by atoms with Gasteiger partial charge >= 0.3 is 0 Å². The molecule has 1 rings (SSSR count). The predicted molar refractivity (Wildman–Crippen MR) is 73.6 cm³/mol. The number of hydrogen-bond acceptors (Lipinski definition) is 3. The van der Waals surface area contributed by atoms with E-state index < -0.39 is 0 Å². The zero-order chi connectivity index (χ0) is 11.8. The number of nitrogens with one attached hydrogen (secondary N) is 1. The molecule has 0 radical (unpaired) electrons. The van der Waals surface area contributed by atoms with Crippen LogP contribution in [0.15, 0.2) is 28.7 Å². The predicted octanol–water partition coefficient (Wildman–Crippen LogP) is 1.71. The molecule has 1 aromatic carbocycles. The molecule has 0 saturated carbocycles. The number of ether oxygens (including phenoxy) is 1. The van der Waals surface area contributed by atoms with Crippen LogP contribution in [0.1, 0.15) is 6.42 Å². The number of nitrogens with two attached hydrogens (primary N) is 1. The Morgan fingerprint density at radius 1 is 1.47 bits per heavy atom. The Hall–Kier alpha value is -0.780. The molecule has 0 aliphatic carbocycles. The molecule has 1 aromatic rings. The molecule has 3 N–H and O–H groups in total. The summed E-state index contributed by atoms with van der Waals surface area (Å²) < 4.78 is 6.37. The van der Waals surface area contributed by atoms with E-state index in [9.17, 15) is 4.79 Å². The van der Waals surface area contributed by atoms with Crippen LogP contribution < -0.4 is 15.8 Å². The van der Waals surface area contributed by atoms with Crippen LogP contribution in [0.2, 0.25) is 0 Å². The fraction of sp³-hybridized carbons (Fsp3) is 0.364. The first-order chi connectivity index (χ1) is 7.72. The summed E-state index contributed by atoms with van der Waals surface area (Å²) in [6.45, 7) is 1.33. The number of benzene rings is 1. The van der Waals surface area contributed by atoms with Crippen molar-refractivity contribution in [3.05, 3.63) is 28.7 Å². The first kappa shape index (κ1) is 16.2. The molecule has 0 bridgehead atoms. The van der Waals surface area contributed by atoms with Crippen molar-refractivity contribution in [2.75, 3.05) is 19.7 Å². The Morgan fingerprint density at radius 2 is 2.24 bits per heavy atom. The van der Waals surface area contributed by atoms with Gasteiger partial charge in [0.1, 0.15) is 5.75 Å². The molecule has 0 aromatic heterocycles. The average molecular weight is 324 g/mol. The molecular formula is C11H16BrClN2O2. The van der Waals surface area contributed by atoms with Gasteiger partial charge in [0.15, 0.2) is 0 Å². The van der Waals surface area contributed by atoms with Crippen LogP contribution in [0.3, 0.4) is 0 Å². The van der Waals surface area contributed by atoms with Crippen molar-refractivity contribution in [2.24, 2.45) is 5.73 Å². The second kappa shape index (κ2) is 9.27. The lowest BCUT2D eigenvalue weighted by Gasteiger charge is -2.06. The molecule has 4 nitrogen and oxygen atoms in total. The first-order valence-electron chi connectivity index (χ1n) is 5.07. The zero-order valence-corrected chi connectivity index (χ0v) is 11.7. The highest BCUT2D eigenvalue weighted by Crippen LogP contribution is 2.17. The van der Waals surface area contributed by atoms with E-state index in [1.54, 1.807) is 0 Å². The maximum atomic E-state index is 11.2. The first-order valence-corrected chi connectivity index (χ1v) is 5.87. The van der Waals surface area contributed by atoms with Gasteiger partial charge in [-0.05, 0) is 18.2 Å². The lowest BCUT2D eigenvalue weighted by Crippen LogP contribution is -2.29. The number of amides is 1. The van der Waals surface area contributed by atoms with Crippen LogP contribution in [0, 0.1) is 0 Å². The summed E-state index contributed by atoms with van der Waals surface area (Å²) in [7, 11) is 0. The highest BCUT2D eigenvalue weighted by molar-refractivity contribution is 9.10. The lowest BCUT2D eigenvalue weighted by atomic mass is 10.3. The monoisotopic (exact) mass is 322 g/mol. The van der Waals surface area contributed by atoms with Crippen molar-refractivity contribution in [3.8, 4) is 5.75 Å². The number of hydrogen-bond donors (Lipinski definition) is 2. The minimum atomic E-state index is -0.0413. The zero-order valence-electron chi connectivity index (χ0n) is 9.32. The lowest BCUT2D eigenvalue weighted by molar-refractivity contribution is -0.121. The van der Waals surface area contributed by atoms with Crippen LogP contribution in [-0.2, 0) is 4.79 Å². The maximum absolute atomic E-state index is 11.2. The summed E-state index contributed by atoms with van der Waals surface area (Å²) in [5.74, 6) is 0.710. The van der Waals surface area contributed by atoms with Gasteiger partial charge in [0.05, 0.1) is 13.0 Å². The SMILES string of the molecule is Cl.NCCNC(=O)CCOc1cccc(Br)c1. The standard InChI is InChI=1S/C11H15BrN2O2.ClH/c12-9-2-1-3-10(8-9)16-7-4-11(15)14-6-5-13;/h1-3,8H,4-7,13H2,(H,14,15);1H. The molecule has 0 unspecified atom stereocenters. The summed E-state index contributed by atoms with van der Waals surface area (Å²) in [6.07, 6.45) is 0.340. The Kier molecular flexibility index (Phi) is 8.85. The van der Waals surface area contributed by atoms with Gasteiger partial charge in [-0.15, -0.1) is 12.4 Å². The van der Waals surface area contributed by atoms with Crippen LogP contribution in [0.25, 0.3) is 0 Å². The Labute approximate surface area is 115 Å². The normalized spacial score (nSPS) is 9.29. The van der Waals surface area contributed by atoms with Crippen molar-refractivity contribution in [2.45, 2.75) is 6.42 Å². The summed E-state index contributed by atoms with van der Waals surface area (Å²) in [4.78, 5) is 11.2. The highest BCUT2D eigenvalue weighted by atomic mass is 79.9. The van der Waals surface area contributed by atoms with Gasteiger partial charge < -0.3 is 15.8 Å². The molecule has 0 saturated heterocycles. The summed E-state index contributed by atoms with van der Waals surface area (Å²) in [6, 6.07) is 7.51. The molecule has 0 atom stereocenters. The average Bonchev–Trinajstić information content (AvgIpc) is 2.26. The third-order valence-corrected chi connectivity index (χ3v) is 2.35. The van der Waals surface area contributed by atoms with Gasteiger partial charge in [0, 0.05) is 17.6 Å². The molecule has 1 amide bonds. The largest absolute Gasteiger partial charge is 0.493 e. The van der Waals surface area contributed by atoms with E-state index in [0.717, 1.165) is 10.2 Å². The third kappa shape index (κ3) is 7.20. The molecule has 0 aliphatic rings. The van der Waals surface area contributed by atoms with Crippen LogP contribution in [-0.4, -0.2) is 25.6 Å². The minimum Gasteiger partial charge on any atom is -0.493 e. The topological polar surface area (TPSA) is 64.3 Å². The van der Waals surface area contributed by atoms with Crippen molar-refractivity contribution in [1.82, 2.24) is 5.32 Å². The summed E-state index contributed by atoms with van der Waals surface area (Å²) in [5.41, 5.74) is 5.26. The van der Waals surface area contributed by atoms with Gasteiger partial charge in [0.25, 0.3) is 0 Å². The van der Waals surface area contributed by atoms with Crippen molar-refractivity contribution in [3.63, 3.8) is 0 Å². The van der Waals surface area contributed by atoms with Gasteiger partial charge in [-0.3, -0.25) is 4.79 Å². The van der Waals surface area contributed by atoms with E-state index in [1.165, 1.54) is 0 Å². The molecule has 96 valence electrons. The van der Waals surface area contributed by atoms with E-state index in [1.807, 2.05) is 24.3 Å². The van der Waals surface area contributed by atoms with Gasteiger partial charge in [0.2, 0.25) is 5.91 Å². The molecule has 17 heavy (non-hydrogen) atoms. The van der Waals surface area contributed by atoms with Crippen molar-refractivity contribution in [1.29, 1.82) is 0 Å². The Morgan fingerprint density at radius 3 is 2.88 bits per heavy atom. The number of carbonyl (C=O) groups is 1. The molecule has 6 heteroatoms. The second-order valence-corrected chi connectivity index (χ2v) is 4.11. The van der Waals surface area contributed by atoms with Gasteiger partial charge in [-0.25, -0.2) is 0 Å². The minimum absolute atomic E-state index is 0. The van der Waals surface area contributed by atoms with E-state index in [-0.39, 0.29) is 18.3 Å². The Balaban J connectivity index is 0.00000256. The van der Waals surface area contributed by atoms with Crippen molar-refractivity contribution >= 4 is 34.2 Å². The summed E-state index contributed by atoms with van der Waals surface area (Å²) in [5, 5.41) is 2.68. The van der Waals surface area contributed by atoms with Crippen LogP contribution in [0.5, 0.6) is 5.75 Å². The molecule has 0 fully saturated rings. The number of carbonyl (C=O) groups excluding carboxylic acids is 1. The number of rotatable bonds is 6. The van der Waals surface area contributed by atoms with Crippen LogP contribution >= 0.6 is 28.3 Å². The fourth-order valence-electron chi connectivity index (χ4n) is 1.12. The summed E-state index contributed by atoms with van der Waals surface area (Å²) >= 11 is 3.34. The molecule has 0 heterocycles. The van der Waals surface area contributed by atoms with Gasteiger partial charge in [-0.2, -0.15) is 0 Å². The quantitative estimate of drug-likeness (QED) is 0.838. The fourth-order valence-corrected chi connectivity index (χ4v) is 1.50. The molecule has 0 spiro atoms. The van der Waals surface area contributed by atoms with Crippen molar-refractivity contribution < 1.29 is 9.53 Å². The highest BCUT2D eigenvalue weighted by Gasteiger charge is 2.00. The van der Waals surface area contributed by atoms with Gasteiger partial charge in [-0.1, -0.05) is 22.0 Å².